The molecule has 0 aromatic heterocycles. The molecule has 0 saturated carbocycles. The van der Waals surface area contributed by atoms with Gasteiger partial charge in [-0.25, -0.2) is 0 Å². The summed E-state index contributed by atoms with van der Waals surface area (Å²) in [7, 11) is 1.58. The van der Waals surface area contributed by atoms with Gasteiger partial charge in [0.25, 0.3) is 0 Å². The van der Waals surface area contributed by atoms with Crippen LogP contribution >= 0.6 is 27.5 Å². The lowest BCUT2D eigenvalue weighted by Crippen LogP contribution is -2.24. The molecule has 0 aliphatic carbocycles. The van der Waals surface area contributed by atoms with Gasteiger partial charge in [-0.3, -0.25) is 4.79 Å². The van der Waals surface area contributed by atoms with Crippen LogP contribution in [0.25, 0.3) is 0 Å². The summed E-state index contributed by atoms with van der Waals surface area (Å²) >= 11 is 9.55. The lowest BCUT2D eigenvalue weighted by Gasteiger charge is -2.17. The number of methoxy groups -OCH3 is 1. The molecule has 1 amide bonds. The highest BCUT2D eigenvalue weighted by molar-refractivity contribution is 9.09. The predicted octanol–water partition coefficient (Wildman–Crippen LogP) is 2.85. The summed E-state index contributed by atoms with van der Waals surface area (Å²) < 4.78 is 5.06. The van der Waals surface area contributed by atoms with Crippen LogP contribution in [0.1, 0.15) is 6.42 Å². The van der Waals surface area contributed by atoms with Crippen LogP contribution in [0.4, 0.5) is 5.69 Å². The normalized spacial score (nSPS) is 20.3. The topological polar surface area (TPSA) is 29.5 Å². The minimum absolute atomic E-state index is 0.0916. The van der Waals surface area contributed by atoms with Crippen LogP contribution in [-0.4, -0.2) is 24.4 Å². The number of rotatable bonds is 2. The Kier molecular flexibility index (Phi) is 3.40. The molecule has 0 N–H and O–H groups in total. The lowest BCUT2D eigenvalue weighted by atomic mass is 10.3. The maximum absolute atomic E-state index is 11.7. The van der Waals surface area contributed by atoms with Gasteiger partial charge in [0.2, 0.25) is 5.91 Å². The Morgan fingerprint density at radius 3 is 2.81 bits per heavy atom. The molecule has 16 heavy (non-hydrogen) atoms. The smallest absolute Gasteiger partial charge is 0.228 e. The second-order valence-corrected chi connectivity index (χ2v) is 5.33. The highest BCUT2D eigenvalue weighted by Gasteiger charge is 2.29. The zero-order valence-corrected chi connectivity index (χ0v) is 11.1. The predicted molar refractivity (Wildman–Crippen MR) is 67.7 cm³/mol. The van der Waals surface area contributed by atoms with Crippen molar-refractivity contribution in [1.29, 1.82) is 0 Å². The molecule has 1 saturated heterocycles. The molecule has 0 spiro atoms. The highest BCUT2D eigenvalue weighted by Crippen LogP contribution is 2.33. The Morgan fingerprint density at radius 1 is 1.56 bits per heavy atom. The first-order valence-corrected chi connectivity index (χ1v) is 6.19. The first-order chi connectivity index (χ1) is 7.61. The van der Waals surface area contributed by atoms with E-state index in [0.717, 1.165) is 5.69 Å². The second-order valence-electron chi connectivity index (χ2n) is 3.62. The number of ether oxygens (including phenoxy) is 1. The van der Waals surface area contributed by atoms with Crippen LogP contribution in [0.2, 0.25) is 5.02 Å². The number of nitrogens with zero attached hydrogens (tertiary/aromatic N) is 1. The minimum atomic E-state index is 0.0916. The van der Waals surface area contributed by atoms with Gasteiger partial charge < -0.3 is 9.64 Å². The molecule has 1 fully saturated rings. The van der Waals surface area contributed by atoms with Crippen molar-refractivity contribution >= 4 is 39.1 Å². The molecule has 1 aliphatic heterocycles. The van der Waals surface area contributed by atoms with Crippen molar-refractivity contribution in [2.24, 2.45) is 0 Å². The van der Waals surface area contributed by atoms with Crippen molar-refractivity contribution in [3.63, 3.8) is 0 Å². The van der Waals surface area contributed by atoms with Crippen LogP contribution < -0.4 is 9.64 Å². The van der Waals surface area contributed by atoms with Crippen LogP contribution in [0.15, 0.2) is 18.2 Å². The van der Waals surface area contributed by atoms with Crippen LogP contribution in [-0.2, 0) is 4.79 Å². The summed E-state index contributed by atoms with van der Waals surface area (Å²) in [4.78, 5) is 13.6. The average molecular weight is 305 g/mol. The number of halogens is 2. The lowest BCUT2D eigenvalue weighted by molar-refractivity contribution is -0.117. The summed E-state index contributed by atoms with van der Waals surface area (Å²) in [6, 6.07) is 5.33. The quantitative estimate of drug-likeness (QED) is 0.786. The molecule has 2 rings (SSSR count). The Morgan fingerprint density at radius 2 is 2.31 bits per heavy atom. The number of hydrogen-bond donors (Lipinski definition) is 0. The highest BCUT2D eigenvalue weighted by atomic mass is 79.9. The van der Waals surface area contributed by atoms with E-state index in [1.54, 1.807) is 24.1 Å². The van der Waals surface area contributed by atoms with E-state index < -0.39 is 0 Å². The summed E-state index contributed by atoms with van der Waals surface area (Å²) in [6.45, 7) is 0.658. The van der Waals surface area contributed by atoms with Crippen LogP contribution in [0.5, 0.6) is 5.75 Å². The fourth-order valence-electron chi connectivity index (χ4n) is 1.73. The molecule has 1 aromatic carbocycles. The average Bonchev–Trinajstić information content (AvgIpc) is 2.57. The zero-order chi connectivity index (χ0) is 11.7. The number of carbonyl (C=O) groups excluding carboxylic acids is 1. The largest absolute Gasteiger partial charge is 0.497 e. The fourth-order valence-corrected chi connectivity index (χ4v) is 2.57. The van der Waals surface area contributed by atoms with E-state index in [1.165, 1.54) is 0 Å². The van der Waals surface area contributed by atoms with E-state index in [4.69, 9.17) is 16.3 Å². The fraction of sp³-hybridized carbons (Fsp3) is 0.364. The molecule has 0 bridgehead atoms. The summed E-state index contributed by atoms with van der Waals surface area (Å²) in [5.74, 6) is 0.782. The standard InChI is InChI=1S/C11H11BrClNO2/c1-16-8-2-3-10(9(13)5-8)14-6-7(12)4-11(14)15/h2-3,5,7H,4,6H2,1H3. The molecular weight excluding hydrogens is 293 g/mol. The third kappa shape index (κ3) is 2.18. The van der Waals surface area contributed by atoms with Crippen molar-refractivity contribution in [3.05, 3.63) is 23.2 Å². The number of benzene rings is 1. The molecular formula is C11H11BrClNO2. The SMILES string of the molecule is COc1ccc(N2CC(Br)CC2=O)c(Cl)c1. The van der Waals surface area contributed by atoms with Gasteiger partial charge in [-0.05, 0) is 12.1 Å². The second kappa shape index (κ2) is 4.63. The van der Waals surface area contributed by atoms with E-state index in [0.29, 0.717) is 23.7 Å². The molecule has 1 aliphatic rings. The first-order valence-electron chi connectivity index (χ1n) is 4.90. The van der Waals surface area contributed by atoms with Gasteiger partial charge in [0.1, 0.15) is 5.75 Å². The number of amides is 1. The molecule has 86 valence electrons. The van der Waals surface area contributed by atoms with Crippen molar-refractivity contribution in [3.8, 4) is 5.75 Å². The minimum Gasteiger partial charge on any atom is -0.497 e. The molecule has 1 aromatic rings. The Balaban J connectivity index is 2.30. The van der Waals surface area contributed by atoms with Gasteiger partial charge in [0.15, 0.2) is 0 Å². The molecule has 1 atom stereocenters. The van der Waals surface area contributed by atoms with Gasteiger partial charge in [-0.1, -0.05) is 27.5 Å². The van der Waals surface area contributed by atoms with E-state index in [2.05, 4.69) is 15.9 Å². The van der Waals surface area contributed by atoms with Gasteiger partial charge >= 0.3 is 0 Å². The number of alkyl halides is 1. The van der Waals surface area contributed by atoms with E-state index >= 15 is 0 Å². The van der Waals surface area contributed by atoms with Crippen molar-refractivity contribution in [1.82, 2.24) is 0 Å². The molecule has 0 radical (unpaired) electrons. The third-order valence-corrected chi connectivity index (χ3v) is 3.44. The van der Waals surface area contributed by atoms with Crippen molar-refractivity contribution in [2.45, 2.75) is 11.2 Å². The Labute approximate surface area is 107 Å². The van der Waals surface area contributed by atoms with Gasteiger partial charge in [-0.2, -0.15) is 0 Å². The molecule has 1 unspecified atom stereocenters. The van der Waals surface area contributed by atoms with Gasteiger partial charge in [0.05, 0.1) is 17.8 Å². The Bertz CT molecular complexity index is 424. The third-order valence-electron chi connectivity index (χ3n) is 2.52. The number of carbonyl (C=O) groups is 1. The van der Waals surface area contributed by atoms with Crippen LogP contribution in [0, 0.1) is 0 Å². The number of anilines is 1. The molecule has 3 nitrogen and oxygen atoms in total. The van der Waals surface area contributed by atoms with Gasteiger partial charge in [-0.15, -0.1) is 0 Å². The van der Waals surface area contributed by atoms with Crippen molar-refractivity contribution < 1.29 is 9.53 Å². The van der Waals surface area contributed by atoms with Gasteiger partial charge in [0, 0.05) is 23.9 Å². The van der Waals surface area contributed by atoms with Crippen molar-refractivity contribution in [2.75, 3.05) is 18.6 Å². The summed E-state index contributed by atoms with van der Waals surface area (Å²) in [5, 5.41) is 0.536. The maximum atomic E-state index is 11.7. The monoisotopic (exact) mass is 303 g/mol. The molecule has 5 heteroatoms. The molecule has 1 heterocycles. The van der Waals surface area contributed by atoms with E-state index in [-0.39, 0.29) is 10.7 Å². The Hall–Kier alpha value is -0.740. The first kappa shape index (κ1) is 11.7. The van der Waals surface area contributed by atoms with E-state index in [1.807, 2.05) is 6.07 Å². The zero-order valence-electron chi connectivity index (χ0n) is 8.74. The number of hydrogen-bond acceptors (Lipinski definition) is 2. The summed E-state index contributed by atoms with van der Waals surface area (Å²) in [6.07, 6.45) is 0.516. The van der Waals surface area contributed by atoms with E-state index in [9.17, 15) is 4.79 Å². The maximum Gasteiger partial charge on any atom is 0.228 e. The van der Waals surface area contributed by atoms with Crippen LogP contribution in [0.3, 0.4) is 0 Å². The summed E-state index contributed by atoms with van der Waals surface area (Å²) in [5.41, 5.74) is 0.745.